The van der Waals surface area contributed by atoms with Gasteiger partial charge in [0.25, 0.3) is 0 Å². The van der Waals surface area contributed by atoms with Crippen molar-refractivity contribution in [3.8, 4) is 0 Å². The van der Waals surface area contributed by atoms with Crippen LogP contribution in [0.4, 0.5) is 0 Å². The maximum Gasteiger partial charge on any atom is 0.311 e. The zero-order valence-corrected chi connectivity index (χ0v) is 9.02. The summed E-state index contributed by atoms with van der Waals surface area (Å²) in [4.78, 5) is 22.6. The molecule has 2 atom stereocenters. The van der Waals surface area contributed by atoms with E-state index in [1.54, 1.807) is 0 Å². The molecule has 1 aliphatic rings. The highest BCUT2D eigenvalue weighted by molar-refractivity contribution is 5.80. The lowest BCUT2D eigenvalue weighted by atomic mass is 9.96. The quantitative estimate of drug-likeness (QED) is 0.641. The zero-order valence-electron chi connectivity index (χ0n) is 9.02. The third-order valence-corrected chi connectivity index (χ3v) is 2.53. The lowest BCUT2D eigenvalue weighted by Gasteiger charge is -2.19. The molecule has 0 N–H and O–H groups in total. The van der Waals surface area contributed by atoms with Crippen molar-refractivity contribution in [1.29, 1.82) is 0 Å². The van der Waals surface area contributed by atoms with E-state index in [2.05, 4.69) is 9.47 Å². The van der Waals surface area contributed by atoms with Crippen molar-refractivity contribution in [2.24, 2.45) is 5.92 Å². The molecule has 86 valence electrons. The van der Waals surface area contributed by atoms with Crippen molar-refractivity contribution in [3.05, 3.63) is 0 Å². The van der Waals surface area contributed by atoms with Gasteiger partial charge in [-0.1, -0.05) is 0 Å². The van der Waals surface area contributed by atoms with Crippen LogP contribution in [-0.4, -0.2) is 38.9 Å². The zero-order chi connectivity index (χ0) is 11.3. The Hall–Kier alpha value is -1.10. The Morgan fingerprint density at radius 3 is 2.60 bits per heavy atom. The Labute approximate surface area is 88.7 Å². The van der Waals surface area contributed by atoms with Gasteiger partial charge in [-0.05, 0) is 12.8 Å². The minimum atomic E-state index is -0.537. The first-order valence-corrected chi connectivity index (χ1v) is 4.95. The van der Waals surface area contributed by atoms with Crippen molar-refractivity contribution < 1.29 is 23.8 Å². The Morgan fingerprint density at radius 2 is 2.13 bits per heavy atom. The molecular formula is C10H16O5. The number of ether oxygens (including phenoxy) is 3. The molecule has 15 heavy (non-hydrogen) atoms. The maximum atomic E-state index is 11.4. The third kappa shape index (κ3) is 3.20. The molecule has 5 nitrogen and oxygen atoms in total. The first-order chi connectivity index (χ1) is 7.19. The molecule has 1 fully saturated rings. The molecular weight excluding hydrogens is 200 g/mol. The SMILES string of the molecule is COC(=O)C[C@H](C(=O)OC)[C@H]1CCCO1. The number of esters is 2. The van der Waals surface area contributed by atoms with Crippen LogP contribution in [0.15, 0.2) is 0 Å². The van der Waals surface area contributed by atoms with Gasteiger partial charge in [-0.3, -0.25) is 9.59 Å². The highest BCUT2D eigenvalue weighted by Gasteiger charge is 2.34. The molecule has 0 spiro atoms. The van der Waals surface area contributed by atoms with E-state index in [0.717, 1.165) is 12.8 Å². The number of carbonyl (C=O) groups excluding carboxylic acids is 2. The molecule has 0 aromatic heterocycles. The van der Waals surface area contributed by atoms with Gasteiger partial charge in [0, 0.05) is 6.61 Å². The molecule has 0 amide bonds. The van der Waals surface area contributed by atoms with Gasteiger partial charge in [-0.2, -0.15) is 0 Å². The number of carbonyl (C=O) groups is 2. The van der Waals surface area contributed by atoms with E-state index in [0.29, 0.717) is 6.61 Å². The second kappa shape index (κ2) is 5.70. The fourth-order valence-electron chi connectivity index (χ4n) is 1.70. The van der Waals surface area contributed by atoms with Crippen molar-refractivity contribution in [1.82, 2.24) is 0 Å². The topological polar surface area (TPSA) is 61.8 Å². The molecule has 1 aliphatic heterocycles. The number of hydrogen-bond donors (Lipinski definition) is 0. The predicted molar refractivity (Wildman–Crippen MR) is 51.1 cm³/mol. The van der Waals surface area contributed by atoms with Crippen molar-refractivity contribution in [3.63, 3.8) is 0 Å². The number of methoxy groups -OCH3 is 2. The Morgan fingerprint density at radius 1 is 1.40 bits per heavy atom. The average Bonchev–Trinajstić information content (AvgIpc) is 2.77. The van der Waals surface area contributed by atoms with Crippen LogP contribution in [0.3, 0.4) is 0 Å². The summed E-state index contributed by atoms with van der Waals surface area (Å²) in [7, 11) is 2.60. The van der Waals surface area contributed by atoms with Crippen LogP contribution in [0.1, 0.15) is 19.3 Å². The van der Waals surface area contributed by atoms with E-state index >= 15 is 0 Å². The summed E-state index contributed by atoms with van der Waals surface area (Å²) < 4.78 is 14.6. The van der Waals surface area contributed by atoms with Crippen LogP contribution < -0.4 is 0 Å². The normalized spacial score (nSPS) is 22.1. The van der Waals surface area contributed by atoms with Gasteiger partial charge in [0.2, 0.25) is 0 Å². The first-order valence-electron chi connectivity index (χ1n) is 4.95. The fourth-order valence-corrected chi connectivity index (χ4v) is 1.70. The number of rotatable bonds is 4. The third-order valence-electron chi connectivity index (χ3n) is 2.53. The van der Waals surface area contributed by atoms with Gasteiger partial charge < -0.3 is 14.2 Å². The Balaban J connectivity index is 2.59. The fraction of sp³-hybridized carbons (Fsp3) is 0.800. The molecule has 0 aliphatic carbocycles. The second-order valence-electron chi connectivity index (χ2n) is 3.46. The maximum absolute atomic E-state index is 11.4. The van der Waals surface area contributed by atoms with Crippen LogP contribution in [0.5, 0.6) is 0 Å². The summed E-state index contributed by atoms with van der Waals surface area (Å²) in [5.41, 5.74) is 0. The molecule has 0 radical (unpaired) electrons. The molecule has 0 unspecified atom stereocenters. The second-order valence-corrected chi connectivity index (χ2v) is 3.46. The minimum Gasteiger partial charge on any atom is -0.469 e. The van der Waals surface area contributed by atoms with Crippen molar-refractivity contribution in [2.75, 3.05) is 20.8 Å². The summed E-state index contributed by atoms with van der Waals surface area (Å²) in [6.45, 7) is 0.638. The molecule has 1 heterocycles. The largest absolute Gasteiger partial charge is 0.469 e. The highest BCUT2D eigenvalue weighted by Crippen LogP contribution is 2.24. The Kier molecular flexibility index (Phi) is 4.55. The van der Waals surface area contributed by atoms with Gasteiger partial charge in [0.15, 0.2) is 0 Å². The predicted octanol–water partition coefficient (Wildman–Crippen LogP) is 0.518. The van der Waals surface area contributed by atoms with Crippen LogP contribution in [0.2, 0.25) is 0 Å². The van der Waals surface area contributed by atoms with Crippen molar-refractivity contribution in [2.45, 2.75) is 25.4 Å². The van der Waals surface area contributed by atoms with Gasteiger partial charge in [-0.25, -0.2) is 0 Å². The average molecular weight is 216 g/mol. The van der Waals surface area contributed by atoms with E-state index in [1.165, 1.54) is 14.2 Å². The van der Waals surface area contributed by atoms with Gasteiger partial charge in [-0.15, -0.1) is 0 Å². The Bertz CT molecular complexity index is 232. The van der Waals surface area contributed by atoms with Crippen molar-refractivity contribution >= 4 is 11.9 Å². The van der Waals surface area contributed by atoms with Crippen LogP contribution in [0.25, 0.3) is 0 Å². The van der Waals surface area contributed by atoms with Gasteiger partial charge in [0.05, 0.1) is 32.7 Å². The molecule has 5 heteroatoms. The van der Waals surface area contributed by atoms with E-state index < -0.39 is 17.9 Å². The molecule has 0 bridgehead atoms. The smallest absolute Gasteiger partial charge is 0.311 e. The van der Waals surface area contributed by atoms with E-state index in [9.17, 15) is 9.59 Å². The van der Waals surface area contributed by atoms with Crippen LogP contribution in [-0.2, 0) is 23.8 Å². The van der Waals surface area contributed by atoms with Gasteiger partial charge in [0.1, 0.15) is 0 Å². The lowest BCUT2D eigenvalue weighted by Crippen LogP contribution is -2.31. The summed E-state index contributed by atoms with van der Waals surface area (Å²) in [6.07, 6.45) is 1.51. The summed E-state index contributed by atoms with van der Waals surface area (Å²) in [6, 6.07) is 0. The molecule has 0 aromatic rings. The first kappa shape index (κ1) is 12.0. The van der Waals surface area contributed by atoms with E-state index in [1.807, 2.05) is 0 Å². The molecule has 0 saturated carbocycles. The van der Waals surface area contributed by atoms with E-state index in [4.69, 9.17) is 4.74 Å². The summed E-state index contributed by atoms with van der Waals surface area (Å²) >= 11 is 0. The highest BCUT2D eigenvalue weighted by atomic mass is 16.5. The van der Waals surface area contributed by atoms with Gasteiger partial charge >= 0.3 is 11.9 Å². The van der Waals surface area contributed by atoms with Crippen LogP contribution in [0, 0.1) is 5.92 Å². The molecule has 1 rings (SSSR count). The monoisotopic (exact) mass is 216 g/mol. The van der Waals surface area contributed by atoms with Crippen LogP contribution >= 0.6 is 0 Å². The number of hydrogen-bond acceptors (Lipinski definition) is 5. The lowest BCUT2D eigenvalue weighted by molar-refractivity contribution is -0.156. The summed E-state index contributed by atoms with van der Waals surface area (Å²) in [5, 5.41) is 0. The summed E-state index contributed by atoms with van der Waals surface area (Å²) in [5.74, 6) is -1.36. The molecule has 0 aromatic carbocycles. The minimum absolute atomic E-state index is 0.0217. The standard InChI is InChI=1S/C10H16O5/c1-13-9(11)6-7(10(12)14-2)8-4-3-5-15-8/h7-8H,3-6H2,1-2H3/t7-,8+/m0/s1. The molecule has 1 saturated heterocycles. The van der Waals surface area contributed by atoms with E-state index in [-0.39, 0.29) is 12.5 Å².